The standard InChI is InChI=1S/C20H20Cl2F4N2S/c1-13-6-17(23)18(10-19(13)29-12-20(24,25)26)28-4-2-27(3-5-28)11-14-7-15(21)9-16(22)8-14/h6-10H,2-5,11-12H2,1H3. The number of hydrogen-bond donors (Lipinski definition) is 0. The second-order valence-corrected chi connectivity index (χ2v) is 8.90. The van der Waals surface area contributed by atoms with Gasteiger partial charge in [0, 0.05) is 47.7 Å². The van der Waals surface area contributed by atoms with Crippen LogP contribution in [0.1, 0.15) is 11.1 Å². The molecule has 0 spiro atoms. The van der Waals surface area contributed by atoms with Crippen LogP contribution in [0.4, 0.5) is 23.2 Å². The highest BCUT2D eigenvalue weighted by Gasteiger charge is 2.28. The number of hydrogen-bond acceptors (Lipinski definition) is 3. The lowest BCUT2D eigenvalue weighted by Crippen LogP contribution is -2.46. The van der Waals surface area contributed by atoms with Crippen LogP contribution in [-0.4, -0.2) is 43.0 Å². The predicted octanol–water partition coefficient (Wildman–Crippen LogP) is 6.42. The number of halogens is 6. The van der Waals surface area contributed by atoms with Gasteiger partial charge < -0.3 is 4.90 Å². The van der Waals surface area contributed by atoms with Gasteiger partial charge in [0.2, 0.25) is 0 Å². The number of piperazine rings is 1. The van der Waals surface area contributed by atoms with Crippen LogP contribution in [0.2, 0.25) is 10.0 Å². The molecule has 1 aliphatic rings. The first-order valence-electron chi connectivity index (χ1n) is 9.03. The first-order valence-corrected chi connectivity index (χ1v) is 10.8. The van der Waals surface area contributed by atoms with Crippen LogP contribution in [0.25, 0.3) is 0 Å². The minimum absolute atomic E-state index is 0.353. The van der Waals surface area contributed by atoms with Gasteiger partial charge in [-0.05, 0) is 48.4 Å². The first kappa shape index (κ1) is 22.5. The molecule has 0 radical (unpaired) electrons. The Morgan fingerprint density at radius 3 is 2.17 bits per heavy atom. The highest BCUT2D eigenvalue weighted by atomic mass is 35.5. The van der Waals surface area contributed by atoms with E-state index in [1.54, 1.807) is 13.0 Å². The average molecular weight is 467 g/mol. The molecule has 0 aliphatic carbocycles. The SMILES string of the molecule is Cc1cc(F)c(N2CCN(Cc3cc(Cl)cc(Cl)c3)CC2)cc1SCC(F)(F)F. The minimum Gasteiger partial charge on any atom is -0.367 e. The van der Waals surface area contributed by atoms with Gasteiger partial charge in [0.15, 0.2) is 0 Å². The fourth-order valence-corrected chi connectivity index (χ4v) is 4.68. The molecular formula is C20H20Cl2F4N2S. The topological polar surface area (TPSA) is 6.48 Å². The number of alkyl halides is 3. The van der Waals surface area contributed by atoms with Crippen molar-refractivity contribution in [3.05, 3.63) is 57.3 Å². The van der Waals surface area contributed by atoms with Crippen molar-refractivity contribution in [2.45, 2.75) is 24.5 Å². The Labute approximate surface area is 181 Å². The lowest BCUT2D eigenvalue weighted by molar-refractivity contribution is -0.105. The zero-order chi connectivity index (χ0) is 21.2. The zero-order valence-corrected chi connectivity index (χ0v) is 18.0. The fourth-order valence-electron chi connectivity index (χ4n) is 3.31. The molecule has 1 saturated heterocycles. The van der Waals surface area contributed by atoms with E-state index < -0.39 is 17.7 Å². The number of nitrogens with zero attached hydrogens (tertiary/aromatic N) is 2. The van der Waals surface area contributed by atoms with Gasteiger partial charge >= 0.3 is 6.18 Å². The van der Waals surface area contributed by atoms with E-state index in [9.17, 15) is 17.6 Å². The Balaban J connectivity index is 1.65. The molecule has 9 heteroatoms. The molecule has 2 aromatic carbocycles. The van der Waals surface area contributed by atoms with E-state index in [2.05, 4.69) is 4.90 Å². The monoisotopic (exact) mass is 466 g/mol. The maximum absolute atomic E-state index is 14.5. The molecule has 0 bridgehead atoms. The fraction of sp³-hybridized carbons (Fsp3) is 0.400. The van der Waals surface area contributed by atoms with E-state index in [-0.39, 0.29) is 0 Å². The second-order valence-electron chi connectivity index (χ2n) is 7.01. The van der Waals surface area contributed by atoms with Gasteiger partial charge in [-0.15, -0.1) is 11.8 Å². The maximum atomic E-state index is 14.5. The minimum atomic E-state index is -4.26. The molecule has 1 aliphatic heterocycles. The van der Waals surface area contributed by atoms with Crippen LogP contribution in [0.3, 0.4) is 0 Å². The van der Waals surface area contributed by atoms with Crippen molar-refractivity contribution in [2.75, 3.05) is 36.8 Å². The van der Waals surface area contributed by atoms with E-state index >= 15 is 0 Å². The largest absolute Gasteiger partial charge is 0.398 e. The molecule has 1 heterocycles. The molecule has 0 N–H and O–H groups in total. The molecule has 0 atom stereocenters. The van der Waals surface area contributed by atoms with Crippen LogP contribution in [-0.2, 0) is 6.54 Å². The summed E-state index contributed by atoms with van der Waals surface area (Å²) >= 11 is 12.8. The Hall–Kier alpha value is -1.15. The summed E-state index contributed by atoms with van der Waals surface area (Å²) in [5.74, 6) is -1.40. The summed E-state index contributed by atoms with van der Waals surface area (Å²) in [5, 5.41) is 1.16. The summed E-state index contributed by atoms with van der Waals surface area (Å²) < 4.78 is 52.2. The number of thioether (sulfide) groups is 1. The molecule has 2 nitrogen and oxygen atoms in total. The summed E-state index contributed by atoms with van der Waals surface area (Å²) in [5.41, 5.74) is 1.87. The second kappa shape index (κ2) is 9.33. The van der Waals surface area contributed by atoms with Crippen molar-refractivity contribution in [2.24, 2.45) is 0 Å². The lowest BCUT2D eigenvalue weighted by Gasteiger charge is -2.36. The molecule has 29 heavy (non-hydrogen) atoms. The van der Waals surface area contributed by atoms with Gasteiger partial charge in [0.1, 0.15) is 5.82 Å². The van der Waals surface area contributed by atoms with Crippen LogP contribution in [0.15, 0.2) is 35.2 Å². The Kier molecular flexibility index (Phi) is 7.25. The quantitative estimate of drug-likeness (QED) is 0.370. The highest BCUT2D eigenvalue weighted by molar-refractivity contribution is 7.99. The number of anilines is 1. The summed E-state index contributed by atoms with van der Waals surface area (Å²) in [6.45, 7) is 4.86. The number of rotatable bonds is 5. The van der Waals surface area contributed by atoms with Crippen LogP contribution in [0.5, 0.6) is 0 Å². The van der Waals surface area contributed by atoms with Crippen LogP contribution in [0, 0.1) is 12.7 Å². The molecule has 1 fully saturated rings. The van der Waals surface area contributed by atoms with Crippen molar-refractivity contribution < 1.29 is 17.6 Å². The number of aryl methyl sites for hydroxylation is 1. The van der Waals surface area contributed by atoms with E-state index in [0.29, 0.717) is 70.7 Å². The molecule has 3 rings (SSSR count). The van der Waals surface area contributed by atoms with Crippen molar-refractivity contribution >= 4 is 40.7 Å². The summed E-state index contributed by atoms with van der Waals surface area (Å²) in [7, 11) is 0. The Morgan fingerprint density at radius 2 is 1.59 bits per heavy atom. The third-order valence-corrected chi connectivity index (χ3v) is 6.34. The molecule has 158 valence electrons. The van der Waals surface area contributed by atoms with E-state index in [4.69, 9.17) is 23.2 Å². The number of benzene rings is 2. The van der Waals surface area contributed by atoms with E-state index in [1.807, 2.05) is 17.0 Å². The maximum Gasteiger partial charge on any atom is 0.398 e. The Bertz CT molecular complexity index is 848. The van der Waals surface area contributed by atoms with Gasteiger partial charge in [-0.2, -0.15) is 13.2 Å². The smallest absolute Gasteiger partial charge is 0.367 e. The van der Waals surface area contributed by atoms with Crippen molar-refractivity contribution in [3.63, 3.8) is 0 Å². The molecule has 0 unspecified atom stereocenters. The summed E-state index contributed by atoms with van der Waals surface area (Å²) in [6.07, 6.45) is -4.26. The molecule has 0 amide bonds. The summed E-state index contributed by atoms with van der Waals surface area (Å²) in [6, 6.07) is 8.26. The van der Waals surface area contributed by atoms with E-state index in [1.165, 1.54) is 12.1 Å². The van der Waals surface area contributed by atoms with Gasteiger partial charge in [0.25, 0.3) is 0 Å². The third kappa shape index (κ3) is 6.41. The molecule has 0 aromatic heterocycles. The van der Waals surface area contributed by atoms with Gasteiger partial charge in [-0.3, -0.25) is 4.90 Å². The van der Waals surface area contributed by atoms with Crippen molar-refractivity contribution in [1.29, 1.82) is 0 Å². The van der Waals surface area contributed by atoms with Gasteiger partial charge in [0.05, 0.1) is 11.4 Å². The molecule has 0 saturated carbocycles. The van der Waals surface area contributed by atoms with Gasteiger partial charge in [-0.1, -0.05) is 23.2 Å². The lowest BCUT2D eigenvalue weighted by atomic mass is 10.1. The predicted molar refractivity (Wildman–Crippen MR) is 112 cm³/mol. The van der Waals surface area contributed by atoms with E-state index in [0.717, 1.165) is 5.56 Å². The highest BCUT2D eigenvalue weighted by Crippen LogP contribution is 2.34. The van der Waals surface area contributed by atoms with Crippen molar-refractivity contribution in [3.8, 4) is 0 Å². The first-order chi connectivity index (χ1) is 13.6. The molecule has 2 aromatic rings. The average Bonchev–Trinajstić information content (AvgIpc) is 2.60. The van der Waals surface area contributed by atoms with Crippen molar-refractivity contribution in [1.82, 2.24) is 4.90 Å². The summed E-state index contributed by atoms with van der Waals surface area (Å²) in [4.78, 5) is 4.55. The molecular weight excluding hydrogens is 447 g/mol. The van der Waals surface area contributed by atoms with Crippen LogP contribution >= 0.6 is 35.0 Å². The zero-order valence-electron chi connectivity index (χ0n) is 15.7. The van der Waals surface area contributed by atoms with Gasteiger partial charge in [-0.25, -0.2) is 4.39 Å². The van der Waals surface area contributed by atoms with Crippen LogP contribution < -0.4 is 4.90 Å². The Morgan fingerprint density at radius 1 is 0.966 bits per heavy atom. The third-order valence-electron chi connectivity index (χ3n) is 4.68. The normalized spacial score (nSPS) is 15.8.